The van der Waals surface area contributed by atoms with Gasteiger partial charge < -0.3 is 4.74 Å². The number of carbonyl (C=O) groups is 1. The normalized spacial score (nSPS) is 53.3. The first-order valence-corrected chi connectivity index (χ1v) is 5.39. The van der Waals surface area contributed by atoms with Crippen LogP contribution in [0, 0.1) is 23.2 Å². The van der Waals surface area contributed by atoms with Gasteiger partial charge in [-0.25, -0.2) is 0 Å². The molecule has 1 saturated heterocycles. The molecule has 13 heavy (non-hydrogen) atoms. The van der Waals surface area contributed by atoms with Gasteiger partial charge in [-0.05, 0) is 43.4 Å². The standard InChI is InChI=1S/C11H16O2/c1-7-4-9-5-8(7)6-11(9)2-3-13-10(11)12/h7-9H,2-6H2,1H3/t7?,8?,9-,11?/m1/s1. The van der Waals surface area contributed by atoms with Crippen LogP contribution in [-0.2, 0) is 9.53 Å². The molecule has 2 saturated carbocycles. The molecule has 0 aromatic carbocycles. The summed E-state index contributed by atoms with van der Waals surface area (Å²) in [5, 5.41) is 0. The molecule has 1 spiro atoms. The molecule has 1 heterocycles. The molecule has 0 aromatic heterocycles. The van der Waals surface area contributed by atoms with E-state index in [1.54, 1.807) is 0 Å². The maximum Gasteiger partial charge on any atom is 0.312 e. The monoisotopic (exact) mass is 180 g/mol. The van der Waals surface area contributed by atoms with Crippen molar-refractivity contribution >= 4 is 5.97 Å². The largest absolute Gasteiger partial charge is 0.465 e. The minimum Gasteiger partial charge on any atom is -0.465 e. The third kappa shape index (κ3) is 0.818. The van der Waals surface area contributed by atoms with Gasteiger partial charge >= 0.3 is 5.97 Å². The molecule has 3 rings (SSSR count). The van der Waals surface area contributed by atoms with Crippen molar-refractivity contribution in [2.75, 3.05) is 6.61 Å². The van der Waals surface area contributed by atoms with Crippen LogP contribution >= 0.6 is 0 Å². The molecule has 2 heteroatoms. The van der Waals surface area contributed by atoms with Crippen LogP contribution < -0.4 is 0 Å². The summed E-state index contributed by atoms with van der Waals surface area (Å²) in [7, 11) is 0. The number of cyclic esters (lactones) is 1. The number of ether oxygens (including phenoxy) is 1. The fourth-order valence-corrected chi connectivity index (χ4v) is 3.83. The van der Waals surface area contributed by atoms with Gasteiger partial charge in [-0.1, -0.05) is 6.92 Å². The summed E-state index contributed by atoms with van der Waals surface area (Å²) >= 11 is 0. The minimum absolute atomic E-state index is 0.0167. The van der Waals surface area contributed by atoms with E-state index in [1.807, 2.05) is 0 Å². The van der Waals surface area contributed by atoms with E-state index in [2.05, 4.69) is 6.92 Å². The highest BCUT2D eigenvalue weighted by Gasteiger charge is 2.60. The quantitative estimate of drug-likeness (QED) is 0.533. The summed E-state index contributed by atoms with van der Waals surface area (Å²) in [6, 6.07) is 0. The van der Waals surface area contributed by atoms with Gasteiger partial charge in [0.25, 0.3) is 0 Å². The average molecular weight is 180 g/mol. The lowest BCUT2D eigenvalue weighted by molar-refractivity contribution is -0.149. The van der Waals surface area contributed by atoms with E-state index in [4.69, 9.17) is 4.74 Å². The summed E-state index contributed by atoms with van der Waals surface area (Å²) < 4.78 is 5.14. The van der Waals surface area contributed by atoms with Gasteiger partial charge in [-0.3, -0.25) is 4.79 Å². The molecule has 4 atom stereocenters. The molecule has 2 bridgehead atoms. The maximum atomic E-state index is 11.7. The molecule has 0 amide bonds. The van der Waals surface area contributed by atoms with Gasteiger partial charge in [-0.15, -0.1) is 0 Å². The summed E-state index contributed by atoms with van der Waals surface area (Å²) in [5.74, 6) is 2.44. The van der Waals surface area contributed by atoms with Crippen molar-refractivity contribution in [1.82, 2.24) is 0 Å². The Hall–Kier alpha value is -0.530. The Morgan fingerprint density at radius 3 is 2.77 bits per heavy atom. The van der Waals surface area contributed by atoms with Crippen LogP contribution in [0.25, 0.3) is 0 Å². The van der Waals surface area contributed by atoms with Gasteiger partial charge in [-0.2, -0.15) is 0 Å². The van der Waals surface area contributed by atoms with Gasteiger partial charge in [0.15, 0.2) is 0 Å². The third-order valence-corrected chi connectivity index (χ3v) is 4.64. The summed E-state index contributed by atoms with van der Waals surface area (Å²) in [6.07, 6.45) is 4.67. The molecule has 0 radical (unpaired) electrons. The van der Waals surface area contributed by atoms with E-state index >= 15 is 0 Å². The fourth-order valence-electron chi connectivity index (χ4n) is 3.83. The second-order valence-electron chi connectivity index (χ2n) is 5.15. The lowest BCUT2D eigenvalue weighted by Crippen LogP contribution is -2.34. The predicted molar refractivity (Wildman–Crippen MR) is 48.0 cm³/mol. The second kappa shape index (κ2) is 2.28. The second-order valence-corrected chi connectivity index (χ2v) is 5.15. The predicted octanol–water partition coefficient (Wildman–Crippen LogP) is 1.99. The van der Waals surface area contributed by atoms with Crippen LogP contribution in [0.1, 0.15) is 32.6 Å². The Morgan fingerprint density at radius 2 is 2.31 bits per heavy atom. The van der Waals surface area contributed by atoms with Crippen molar-refractivity contribution in [3.63, 3.8) is 0 Å². The lowest BCUT2D eigenvalue weighted by atomic mass is 9.70. The van der Waals surface area contributed by atoms with E-state index in [0.717, 1.165) is 24.7 Å². The van der Waals surface area contributed by atoms with Crippen molar-refractivity contribution < 1.29 is 9.53 Å². The lowest BCUT2D eigenvalue weighted by Gasteiger charge is -2.31. The van der Waals surface area contributed by atoms with E-state index in [1.165, 1.54) is 12.8 Å². The Bertz CT molecular complexity index is 259. The SMILES string of the molecule is CC1C[C@@H]2CC1CC21CCOC1=O. The first kappa shape index (κ1) is 7.84. The van der Waals surface area contributed by atoms with Crippen LogP contribution in [-0.4, -0.2) is 12.6 Å². The highest BCUT2D eigenvalue weighted by molar-refractivity contribution is 5.79. The molecule has 2 aliphatic carbocycles. The molecule has 0 N–H and O–H groups in total. The first-order valence-electron chi connectivity index (χ1n) is 5.39. The molecule has 2 nitrogen and oxygen atoms in total. The Kier molecular flexibility index (Phi) is 1.38. The van der Waals surface area contributed by atoms with E-state index in [9.17, 15) is 4.79 Å². The van der Waals surface area contributed by atoms with E-state index < -0.39 is 0 Å². The van der Waals surface area contributed by atoms with Crippen molar-refractivity contribution in [3.05, 3.63) is 0 Å². The van der Waals surface area contributed by atoms with Crippen molar-refractivity contribution in [3.8, 4) is 0 Å². The van der Waals surface area contributed by atoms with Crippen LogP contribution in [0.15, 0.2) is 0 Å². The maximum absolute atomic E-state index is 11.7. The fraction of sp³-hybridized carbons (Fsp3) is 0.909. The third-order valence-electron chi connectivity index (χ3n) is 4.64. The van der Waals surface area contributed by atoms with E-state index in [0.29, 0.717) is 12.5 Å². The summed E-state index contributed by atoms with van der Waals surface area (Å²) in [5.41, 5.74) is -0.0167. The Balaban J connectivity index is 1.92. The summed E-state index contributed by atoms with van der Waals surface area (Å²) in [6.45, 7) is 3.01. The van der Waals surface area contributed by atoms with Gasteiger partial charge in [0, 0.05) is 0 Å². The van der Waals surface area contributed by atoms with Gasteiger partial charge in [0.05, 0.1) is 12.0 Å². The number of fused-ring (bicyclic) bond motifs is 3. The van der Waals surface area contributed by atoms with Crippen LogP contribution in [0.2, 0.25) is 0 Å². The number of hydrogen-bond donors (Lipinski definition) is 0. The highest BCUT2D eigenvalue weighted by atomic mass is 16.5. The smallest absolute Gasteiger partial charge is 0.312 e. The van der Waals surface area contributed by atoms with Gasteiger partial charge in [0.2, 0.25) is 0 Å². The molecule has 3 unspecified atom stereocenters. The number of hydrogen-bond acceptors (Lipinski definition) is 2. The molecule has 3 aliphatic rings. The topological polar surface area (TPSA) is 26.3 Å². The van der Waals surface area contributed by atoms with Crippen LogP contribution in [0.3, 0.4) is 0 Å². The van der Waals surface area contributed by atoms with Crippen molar-refractivity contribution in [1.29, 1.82) is 0 Å². The zero-order valence-electron chi connectivity index (χ0n) is 8.08. The molecule has 0 aromatic rings. The molecule has 1 aliphatic heterocycles. The highest BCUT2D eigenvalue weighted by Crippen LogP contribution is 2.61. The Morgan fingerprint density at radius 1 is 1.46 bits per heavy atom. The van der Waals surface area contributed by atoms with Crippen LogP contribution in [0.4, 0.5) is 0 Å². The van der Waals surface area contributed by atoms with Crippen molar-refractivity contribution in [2.45, 2.75) is 32.6 Å². The molecular weight excluding hydrogens is 164 g/mol. The first-order chi connectivity index (χ1) is 6.22. The van der Waals surface area contributed by atoms with Crippen molar-refractivity contribution in [2.24, 2.45) is 23.2 Å². The van der Waals surface area contributed by atoms with Crippen LogP contribution in [0.5, 0.6) is 0 Å². The van der Waals surface area contributed by atoms with Gasteiger partial charge in [0.1, 0.15) is 0 Å². The molecule has 3 fully saturated rings. The Labute approximate surface area is 78.6 Å². The zero-order chi connectivity index (χ0) is 9.05. The zero-order valence-corrected chi connectivity index (χ0v) is 8.08. The average Bonchev–Trinajstić information content (AvgIpc) is 2.70. The number of carbonyl (C=O) groups excluding carboxylic acids is 1. The molecular formula is C11H16O2. The van der Waals surface area contributed by atoms with E-state index in [-0.39, 0.29) is 11.4 Å². The molecule has 72 valence electrons. The number of esters is 1. The minimum atomic E-state index is -0.0167. The summed E-state index contributed by atoms with van der Waals surface area (Å²) in [4.78, 5) is 11.7. The number of rotatable bonds is 0.